The number of ether oxygens (including phenoxy) is 1. The first-order valence-corrected chi connectivity index (χ1v) is 9.83. The zero-order valence-electron chi connectivity index (χ0n) is 16.8. The maximum atomic E-state index is 14.6. The number of aliphatic hydroxyl groups is 1. The van der Waals surface area contributed by atoms with Gasteiger partial charge in [0.1, 0.15) is 6.61 Å². The average Bonchev–Trinajstić information content (AvgIpc) is 2.74. The van der Waals surface area contributed by atoms with Gasteiger partial charge in [0.05, 0.1) is 11.6 Å². The van der Waals surface area contributed by atoms with Gasteiger partial charge in [0.2, 0.25) is 5.82 Å². The summed E-state index contributed by atoms with van der Waals surface area (Å²) in [6.45, 7) is 5.36. The van der Waals surface area contributed by atoms with E-state index in [4.69, 9.17) is 4.74 Å². The van der Waals surface area contributed by atoms with Crippen LogP contribution in [0.5, 0.6) is 5.75 Å². The highest BCUT2D eigenvalue weighted by atomic mass is 19.2. The predicted octanol–water partition coefficient (Wildman–Crippen LogP) is 5.70. The molecule has 0 amide bonds. The first-order valence-electron chi connectivity index (χ1n) is 9.83. The second-order valence-electron chi connectivity index (χ2n) is 7.02. The van der Waals surface area contributed by atoms with Crippen LogP contribution in [0.1, 0.15) is 32.0 Å². The number of aliphatic hydroxyl groups excluding tert-OH is 1. The van der Waals surface area contributed by atoms with Gasteiger partial charge >= 0.3 is 0 Å². The maximum absolute atomic E-state index is 14.6. The van der Waals surface area contributed by atoms with Crippen LogP contribution >= 0.6 is 0 Å². The predicted molar refractivity (Wildman–Crippen MR) is 115 cm³/mol. The molecule has 0 bridgehead atoms. The summed E-state index contributed by atoms with van der Waals surface area (Å²) in [5, 5.41) is 10.00. The van der Waals surface area contributed by atoms with Gasteiger partial charge in [-0.2, -0.15) is 4.39 Å². The lowest BCUT2D eigenvalue weighted by Crippen LogP contribution is -1.99. The molecule has 3 aromatic rings. The third-order valence-corrected chi connectivity index (χ3v) is 4.57. The van der Waals surface area contributed by atoms with Crippen molar-refractivity contribution in [1.82, 2.24) is 9.97 Å². The molecular weight excluding hydrogens is 386 g/mol. The van der Waals surface area contributed by atoms with Crippen molar-refractivity contribution in [2.45, 2.75) is 32.3 Å². The van der Waals surface area contributed by atoms with Gasteiger partial charge in [0.15, 0.2) is 17.4 Å². The molecule has 2 aromatic carbocycles. The van der Waals surface area contributed by atoms with Gasteiger partial charge in [-0.05, 0) is 62.1 Å². The SMILES string of the molecule is C=CCOc1ccc(-c2ccc3nc(/C=C/CCCC(C)O)ncc3c2)c(F)c1F. The van der Waals surface area contributed by atoms with E-state index < -0.39 is 11.6 Å². The molecule has 3 rings (SSSR count). The van der Waals surface area contributed by atoms with E-state index >= 15 is 0 Å². The highest BCUT2D eigenvalue weighted by Crippen LogP contribution is 2.31. The van der Waals surface area contributed by atoms with Crippen LogP contribution in [-0.4, -0.2) is 27.8 Å². The Hall–Kier alpha value is -3.12. The second-order valence-corrected chi connectivity index (χ2v) is 7.02. The third-order valence-electron chi connectivity index (χ3n) is 4.57. The van der Waals surface area contributed by atoms with E-state index in [-0.39, 0.29) is 24.0 Å². The van der Waals surface area contributed by atoms with Crippen LogP contribution in [0, 0.1) is 11.6 Å². The lowest BCUT2D eigenvalue weighted by molar-refractivity contribution is 0.182. The number of fused-ring (bicyclic) bond motifs is 1. The van der Waals surface area contributed by atoms with E-state index in [1.807, 2.05) is 12.2 Å². The number of halogens is 2. The van der Waals surface area contributed by atoms with Gasteiger partial charge in [0, 0.05) is 17.1 Å². The lowest BCUT2D eigenvalue weighted by Gasteiger charge is -2.10. The van der Waals surface area contributed by atoms with Gasteiger partial charge in [-0.25, -0.2) is 14.4 Å². The zero-order valence-corrected chi connectivity index (χ0v) is 16.8. The molecule has 0 aliphatic heterocycles. The Kier molecular flexibility index (Phi) is 7.25. The van der Waals surface area contributed by atoms with Crippen LogP contribution in [0.4, 0.5) is 8.78 Å². The Morgan fingerprint density at radius 3 is 2.80 bits per heavy atom. The van der Waals surface area contributed by atoms with Gasteiger partial charge in [-0.15, -0.1) is 0 Å². The van der Waals surface area contributed by atoms with Crippen LogP contribution in [0.25, 0.3) is 28.1 Å². The minimum atomic E-state index is -1.03. The first kappa shape index (κ1) is 21.6. The smallest absolute Gasteiger partial charge is 0.201 e. The highest BCUT2D eigenvalue weighted by molar-refractivity contribution is 5.84. The van der Waals surface area contributed by atoms with Crippen molar-refractivity contribution in [2.24, 2.45) is 0 Å². The normalized spacial score (nSPS) is 12.4. The molecule has 1 unspecified atom stereocenters. The number of rotatable bonds is 9. The Morgan fingerprint density at radius 1 is 1.20 bits per heavy atom. The zero-order chi connectivity index (χ0) is 21.5. The summed E-state index contributed by atoms with van der Waals surface area (Å²) in [4.78, 5) is 8.80. The molecule has 0 saturated carbocycles. The molecule has 0 aliphatic rings. The summed E-state index contributed by atoms with van der Waals surface area (Å²) in [6.07, 6.45) is 9.14. The van der Waals surface area contributed by atoms with Crippen LogP contribution in [0.3, 0.4) is 0 Å². The molecule has 1 N–H and O–H groups in total. The van der Waals surface area contributed by atoms with Crippen LogP contribution in [-0.2, 0) is 0 Å². The van der Waals surface area contributed by atoms with E-state index in [2.05, 4.69) is 16.5 Å². The van der Waals surface area contributed by atoms with Crippen molar-refractivity contribution in [3.8, 4) is 16.9 Å². The molecule has 0 aliphatic carbocycles. The standard InChI is InChI=1S/C24H24F2N2O2/c1-3-13-30-21-12-10-19(23(25)24(21)26)17-9-11-20-18(14-17)15-27-22(28-20)8-6-4-5-7-16(2)29/h3,6,8-12,14-16,29H,1,4-5,7,13H2,2H3/b8-6+. The molecule has 0 radical (unpaired) electrons. The van der Waals surface area contributed by atoms with Crippen molar-refractivity contribution in [2.75, 3.05) is 6.61 Å². The van der Waals surface area contributed by atoms with Crippen LogP contribution in [0.2, 0.25) is 0 Å². The minimum absolute atomic E-state index is 0.0976. The van der Waals surface area contributed by atoms with E-state index in [1.54, 1.807) is 31.3 Å². The van der Waals surface area contributed by atoms with E-state index in [0.29, 0.717) is 16.9 Å². The van der Waals surface area contributed by atoms with Crippen molar-refractivity contribution in [1.29, 1.82) is 0 Å². The lowest BCUT2D eigenvalue weighted by atomic mass is 10.0. The monoisotopic (exact) mass is 410 g/mol. The molecule has 30 heavy (non-hydrogen) atoms. The van der Waals surface area contributed by atoms with Gasteiger partial charge in [-0.3, -0.25) is 0 Å². The third kappa shape index (κ3) is 5.27. The molecule has 6 heteroatoms. The Bertz CT molecular complexity index is 1060. The number of hydrogen-bond donors (Lipinski definition) is 1. The number of nitrogens with zero attached hydrogens (tertiary/aromatic N) is 2. The fraction of sp³-hybridized carbons (Fsp3) is 0.250. The van der Waals surface area contributed by atoms with E-state index in [0.717, 1.165) is 24.6 Å². The Labute approximate surface area is 174 Å². The molecule has 1 heterocycles. The van der Waals surface area contributed by atoms with Gasteiger partial charge in [0.25, 0.3) is 0 Å². The average molecular weight is 410 g/mol. The summed E-state index contributed by atoms with van der Waals surface area (Å²) in [6, 6.07) is 8.09. The summed E-state index contributed by atoms with van der Waals surface area (Å²) < 4.78 is 34.0. The van der Waals surface area contributed by atoms with Crippen molar-refractivity contribution in [3.05, 3.63) is 72.7 Å². The fourth-order valence-electron chi connectivity index (χ4n) is 3.03. The second kappa shape index (κ2) is 10.1. The number of allylic oxidation sites excluding steroid dienone is 1. The topological polar surface area (TPSA) is 55.2 Å². The van der Waals surface area contributed by atoms with Crippen LogP contribution in [0.15, 0.2) is 55.3 Å². The molecule has 0 fully saturated rings. The number of hydrogen-bond acceptors (Lipinski definition) is 4. The first-order chi connectivity index (χ1) is 14.5. The molecule has 0 saturated heterocycles. The van der Waals surface area contributed by atoms with Gasteiger partial charge in [-0.1, -0.05) is 24.8 Å². The number of unbranched alkanes of at least 4 members (excludes halogenated alkanes) is 1. The van der Waals surface area contributed by atoms with Crippen molar-refractivity contribution >= 4 is 17.0 Å². The molecule has 0 spiro atoms. The summed E-state index contributed by atoms with van der Waals surface area (Å²) in [5.41, 5.74) is 1.38. The molecule has 1 atom stereocenters. The largest absolute Gasteiger partial charge is 0.486 e. The fourth-order valence-corrected chi connectivity index (χ4v) is 3.03. The Morgan fingerprint density at radius 2 is 2.03 bits per heavy atom. The minimum Gasteiger partial charge on any atom is -0.486 e. The highest BCUT2D eigenvalue weighted by Gasteiger charge is 2.16. The summed E-state index contributed by atoms with van der Waals surface area (Å²) >= 11 is 0. The maximum Gasteiger partial charge on any atom is 0.201 e. The Balaban J connectivity index is 1.80. The molecular formula is C24H24F2N2O2. The van der Waals surface area contributed by atoms with Gasteiger partial charge < -0.3 is 9.84 Å². The summed E-state index contributed by atoms with van der Waals surface area (Å²) in [5.74, 6) is -1.56. The number of aromatic nitrogens is 2. The van der Waals surface area contributed by atoms with E-state index in [1.165, 1.54) is 18.2 Å². The van der Waals surface area contributed by atoms with Crippen molar-refractivity contribution in [3.63, 3.8) is 0 Å². The molecule has 156 valence electrons. The molecule has 4 nitrogen and oxygen atoms in total. The quantitative estimate of drug-likeness (QED) is 0.363. The molecule has 1 aromatic heterocycles. The van der Waals surface area contributed by atoms with Crippen molar-refractivity contribution < 1.29 is 18.6 Å². The van der Waals surface area contributed by atoms with Crippen LogP contribution < -0.4 is 4.74 Å². The number of benzene rings is 2. The summed E-state index contributed by atoms with van der Waals surface area (Å²) in [7, 11) is 0. The van der Waals surface area contributed by atoms with E-state index in [9.17, 15) is 13.9 Å².